The Morgan fingerprint density at radius 1 is 0.877 bits per heavy atom. The van der Waals surface area contributed by atoms with Crippen molar-refractivity contribution in [2.24, 2.45) is 22.9 Å². The summed E-state index contributed by atoms with van der Waals surface area (Å²) in [7, 11) is 0. The van der Waals surface area contributed by atoms with Gasteiger partial charge in [-0.05, 0) is 97.5 Å². The number of nitriles is 1. The van der Waals surface area contributed by atoms with E-state index in [9.17, 15) is 25.4 Å². The molecule has 1 aliphatic heterocycles. The number of carbonyl (C=O) groups is 2. The number of nitrogens with zero attached hydrogens (tertiary/aromatic N) is 3. The Labute approximate surface area is 433 Å². The van der Waals surface area contributed by atoms with E-state index in [0.717, 1.165) is 61.6 Å². The molecule has 14 heteroatoms. The van der Waals surface area contributed by atoms with E-state index >= 15 is 4.79 Å². The van der Waals surface area contributed by atoms with Gasteiger partial charge in [0.1, 0.15) is 24.1 Å². The van der Waals surface area contributed by atoms with Gasteiger partial charge in [-0.25, -0.2) is 4.79 Å². The third-order valence-electron chi connectivity index (χ3n) is 14.5. The third kappa shape index (κ3) is 15.7. The van der Waals surface area contributed by atoms with E-state index < -0.39 is 23.8 Å². The third-order valence-corrected chi connectivity index (χ3v) is 14.5. The van der Waals surface area contributed by atoms with Crippen LogP contribution >= 0.6 is 0 Å². The van der Waals surface area contributed by atoms with Gasteiger partial charge < -0.3 is 49.3 Å². The number of carbonyl (C=O) groups excluding carboxylic acids is 2. The van der Waals surface area contributed by atoms with Crippen LogP contribution in [0.2, 0.25) is 0 Å². The summed E-state index contributed by atoms with van der Waals surface area (Å²) in [5, 5.41) is 47.3. The number of ether oxygens (including phenoxy) is 4. The average Bonchev–Trinajstić information content (AvgIpc) is 3.41. The highest BCUT2D eigenvalue weighted by atomic mass is 16.7. The molecule has 0 aromatic heterocycles. The van der Waals surface area contributed by atoms with Crippen LogP contribution in [-0.2, 0) is 20.9 Å². The number of hydrogen-bond donors (Lipinski definition) is 4. The number of unbranched alkanes of at least 4 members (excludes halogenated alkanes) is 11. The van der Waals surface area contributed by atoms with Crippen LogP contribution in [-0.4, -0.2) is 102 Å². The van der Waals surface area contributed by atoms with Crippen LogP contribution in [0.5, 0.6) is 11.5 Å². The lowest BCUT2D eigenvalue weighted by atomic mass is 9.55. The number of aliphatic hydroxyl groups excluding tert-OH is 3. The van der Waals surface area contributed by atoms with Crippen molar-refractivity contribution in [3.63, 3.8) is 0 Å². The first-order valence-corrected chi connectivity index (χ1v) is 27.0. The summed E-state index contributed by atoms with van der Waals surface area (Å²) < 4.78 is 26.4. The summed E-state index contributed by atoms with van der Waals surface area (Å²) in [5.41, 5.74) is 3.98. The zero-order chi connectivity index (χ0) is 51.7. The largest absolute Gasteiger partial charge is 0.459 e. The van der Waals surface area contributed by atoms with Gasteiger partial charge in [-0.2, -0.15) is 5.26 Å². The molecule has 2 aliphatic carbocycles. The van der Waals surface area contributed by atoms with Crippen LogP contribution in [0, 0.1) is 29.1 Å². The maximum atomic E-state index is 15.2. The molecule has 3 aliphatic rings. The predicted molar refractivity (Wildman–Crippen MR) is 282 cm³/mol. The molecule has 6 rings (SSSR count). The van der Waals surface area contributed by atoms with Crippen molar-refractivity contribution in [1.82, 2.24) is 10.2 Å². The molecule has 1 fully saturated rings. The van der Waals surface area contributed by atoms with Crippen molar-refractivity contribution in [3.05, 3.63) is 119 Å². The molecule has 1 heterocycles. The highest BCUT2D eigenvalue weighted by molar-refractivity contribution is 6.03. The lowest BCUT2D eigenvalue weighted by Gasteiger charge is -2.60. The van der Waals surface area contributed by atoms with E-state index in [4.69, 9.17) is 28.9 Å². The second kappa shape index (κ2) is 30.6. The molecule has 0 spiro atoms. The number of fused-ring (bicyclic) bond motifs is 2. The minimum Gasteiger partial charge on any atom is -0.459 e. The standard InChI is InChI=1S/C59H80N4O10/c1-3-5-6-7-8-9-10-11-12-18-31-61-58(68)72-48-29-30-53-51(40-48)55-49(24-17-20-34-65)47(23-16-19-33-64)39-50-52(62-71-43-45-21-14-13-15-22-45)41-54(59(73-53,56(50)55)70-36-4-2)63(32-37-69-38-35-66)57(67)46-27-25-44(42-60)26-28-46/h4,13-15,21-22,25-30,39-40,47,49,54-56,64-66H,2-3,5-12,16-20,23-24,31-38,41,43H2,1H3,(H,61,68)/t47-,49+,54-,55+,56+,59+/m0/s1. The summed E-state index contributed by atoms with van der Waals surface area (Å²) in [4.78, 5) is 36.6. The fourth-order valence-electron chi connectivity index (χ4n) is 11.0. The van der Waals surface area contributed by atoms with Crippen LogP contribution < -0.4 is 14.8 Å². The van der Waals surface area contributed by atoms with Crippen LogP contribution in [0.3, 0.4) is 0 Å². The number of allylic oxidation sites excluding steroid dienone is 1. The predicted octanol–water partition coefficient (Wildman–Crippen LogP) is 10.6. The van der Waals surface area contributed by atoms with E-state index in [1.165, 1.54) is 44.9 Å². The van der Waals surface area contributed by atoms with Crippen LogP contribution in [0.15, 0.2) is 102 Å². The van der Waals surface area contributed by atoms with Gasteiger partial charge >= 0.3 is 6.09 Å². The molecule has 0 radical (unpaired) electrons. The molecule has 1 saturated carbocycles. The van der Waals surface area contributed by atoms with Gasteiger partial charge in [0.15, 0.2) is 0 Å². The van der Waals surface area contributed by atoms with Crippen molar-refractivity contribution in [1.29, 1.82) is 5.26 Å². The Morgan fingerprint density at radius 2 is 1.59 bits per heavy atom. The molecule has 6 atom stereocenters. The first-order chi connectivity index (χ1) is 35.8. The lowest BCUT2D eigenvalue weighted by Crippen LogP contribution is -2.70. The first-order valence-electron chi connectivity index (χ1n) is 27.0. The number of benzene rings is 3. The maximum Gasteiger partial charge on any atom is 0.412 e. The molecule has 3 aromatic rings. The Bertz CT molecular complexity index is 2260. The Hall–Kier alpha value is -5.56. The summed E-state index contributed by atoms with van der Waals surface area (Å²) in [6.45, 7) is 7.19. The van der Waals surface area contributed by atoms with Gasteiger partial charge in [-0.3, -0.25) is 4.79 Å². The number of amides is 2. The zero-order valence-corrected chi connectivity index (χ0v) is 43.1. The van der Waals surface area contributed by atoms with Gasteiger partial charge in [-0.15, -0.1) is 6.58 Å². The summed E-state index contributed by atoms with van der Waals surface area (Å²) in [6, 6.07) is 23.0. The number of oxime groups is 1. The normalized spacial score (nSPS) is 21.2. The lowest BCUT2D eigenvalue weighted by molar-refractivity contribution is -0.254. The second-order valence-electron chi connectivity index (χ2n) is 19.6. The maximum absolute atomic E-state index is 15.2. The molecule has 0 saturated heterocycles. The molecule has 0 unspecified atom stereocenters. The summed E-state index contributed by atoms with van der Waals surface area (Å²) in [6.07, 6.45) is 19.7. The van der Waals surface area contributed by atoms with Crippen LogP contribution in [0.4, 0.5) is 4.79 Å². The zero-order valence-electron chi connectivity index (χ0n) is 43.1. The second-order valence-corrected chi connectivity index (χ2v) is 19.6. The van der Waals surface area contributed by atoms with Gasteiger partial charge in [0.2, 0.25) is 5.79 Å². The molecule has 2 amide bonds. The number of hydrogen-bond acceptors (Lipinski definition) is 12. The van der Waals surface area contributed by atoms with Crippen molar-refractivity contribution in [3.8, 4) is 17.6 Å². The molecule has 0 bridgehead atoms. The van der Waals surface area contributed by atoms with Crippen molar-refractivity contribution in [2.45, 2.75) is 140 Å². The van der Waals surface area contributed by atoms with Gasteiger partial charge in [0.25, 0.3) is 5.91 Å². The minimum atomic E-state index is -1.56. The number of aliphatic hydroxyl groups is 3. The Kier molecular flexibility index (Phi) is 23.8. The Morgan fingerprint density at radius 3 is 2.27 bits per heavy atom. The van der Waals surface area contributed by atoms with Gasteiger partial charge in [0, 0.05) is 49.8 Å². The van der Waals surface area contributed by atoms with E-state index in [1.54, 1.807) is 41.3 Å². The van der Waals surface area contributed by atoms with E-state index in [1.807, 2.05) is 42.5 Å². The molecule has 4 N–H and O–H groups in total. The van der Waals surface area contributed by atoms with E-state index in [2.05, 4.69) is 31.0 Å². The minimum absolute atomic E-state index is 0.0161. The van der Waals surface area contributed by atoms with Gasteiger partial charge in [-0.1, -0.05) is 125 Å². The molecule has 73 heavy (non-hydrogen) atoms. The Balaban J connectivity index is 1.44. The fourth-order valence-corrected chi connectivity index (χ4v) is 11.0. The first kappa shape index (κ1) is 56.7. The molecular weight excluding hydrogens is 925 g/mol. The topological polar surface area (TPSA) is 192 Å². The molecular formula is C59H80N4O10. The van der Waals surface area contributed by atoms with Crippen LogP contribution in [0.1, 0.15) is 149 Å². The number of nitrogens with one attached hydrogen (secondary N) is 1. The van der Waals surface area contributed by atoms with E-state index in [0.29, 0.717) is 47.7 Å². The smallest absolute Gasteiger partial charge is 0.412 e. The van der Waals surface area contributed by atoms with Crippen molar-refractivity contribution < 1.29 is 48.7 Å². The molecule has 396 valence electrons. The molecule has 3 aromatic carbocycles. The van der Waals surface area contributed by atoms with Gasteiger partial charge in [0.05, 0.1) is 49.7 Å². The average molecular weight is 1010 g/mol. The highest BCUT2D eigenvalue weighted by Gasteiger charge is 2.65. The number of rotatable bonds is 33. The van der Waals surface area contributed by atoms with Crippen molar-refractivity contribution >= 4 is 17.7 Å². The monoisotopic (exact) mass is 1000 g/mol. The highest BCUT2D eigenvalue weighted by Crippen LogP contribution is 2.62. The quantitative estimate of drug-likeness (QED) is 0.0258. The van der Waals surface area contributed by atoms with Crippen LogP contribution in [0.25, 0.3) is 0 Å². The SMILES string of the molecule is C=CCO[C@@]12Oc3ccc(OC(=O)NCCCCCCCCCCCC)cc3[C@H]3[C@H](CCCCO)[C@@H](CCCCO)C=C(C(=NOCc4ccccc4)C[C@@H]1N(CCOCCO)C(=O)c1ccc(C#N)cc1)[C@H]32. The summed E-state index contributed by atoms with van der Waals surface area (Å²) >= 11 is 0. The summed E-state index contributed by atoms with van der Waals surface area (Å²) in [5.74, 6) is -2.08. The van der Waals surface area contributed by atoms with Crippen molar-refractivity contribution in [2.75, 3.05) is 52.7 Å². The fraction of sp³-hybridized carbons (Fsp3) is 0.559. The molecule has 14 nitrogen and oxygen atoms in total. The van der Waals surface area contributed by atoms with E-state index in [-0.39, 0.29) is 82.9 Å².